The molecule has 0 N–H and O–H groups in total. The van der Waals surface area contributed by atoms with Crippen LogP contribution in [0.15, 0.2) is 64.3 Å². The van der Waals surface area contributed by atoms with Gasteiger partial charge in [0, 0.05) is 18.8 Å². The van der Waals surface area contributed by atoms with Crippen LogP contribution in [0.3, 0.4) is 0 Å². The fourth-order valence-electron chi connectivity index (χ4n) is 2.99. The van der Waals surface area contributed by atoms with Crippen molar-refractivity contribution in [3.05, 3.63) is 76.5 Å². The molecule has 1 aromatic carbocycles. The van der Waals surface area contributed by atoms with E-state index in [0.29, 0.717) is 23.8 Å². The van der Waals surface area contributed by atoms with Gasteiger partial charge in [0.1, 0.15) is 17.5 Å². The Bertz CT molecular complexity index is 1160. The van der Waals surface area contributed by atoms with Gasteiger partial charge in [0.2, 0.25) is 5.89 Å². The summed E-state index contributed by atoms with van der Waals surface area (Å²) in [6.45, 7) is 2.43. The van der Waals surface area contributed by atoms with E-state index in [1.54, 1.807) is 13.0 Å². The Morgan fingerprint density at radius 2 is 2.07 bits per heavy atom. The van der Waals surface area contributed by atoms with E-state index in [9.17, 15) is 9.59 Å². The summed E-state index contributed by atoms with van der Waals surface area (Å²) in [5.74, 6) is -0.369. The van der Waals surface area contributed by atoms with E-state index in [1.807, 2.05) is 34.9 Å². The molecule has 3 aromatic heterocycles. The molecule has 8 nitrogen and oxygen atoms in total. The second-order valence-corrected chi connectivity index (χ2v) is 6.13. The Morgan fingerprint density at radius 1 is 1.25 bits per heavy atom. The smallest absolute Gasteiger partial charge is 0.345 e. The predicted molar refractivity (Wildman–Crippen MR) is 101 cm³/mol. The first kappa shape index (κ1) is 17.7. The van der Waals surface area contributed by atoms with Gasteiger partial charge < -0.3 is 13.7 Å². The van der Waals surface area contributed by atoms with Crippen LogP contribution in [0.5, 0.6) is 0 Å². The summed E-state index contributed by atoms with van der Waals surface area (Å²) in [6, 6.07) is 11.7. The van der Waals surface area contributed by atoms with Gasteiger partial charge in [0.25, 0.3) is 5.56 Å². The SMILES string of the molecule is CCOC(=O)c1cn(CCc2ccccc2)c2cc(-c3ncco3)nn2c1=O. The molecule has 8 heteroatoms. The Morgan fingerprint density at radius 3 is 2.79 bits per heavy atom. The Kier molecular flexibility index (Phi) is 4.76. The topological polar surface area (TPSA) is 91.6 Å². The molecule has 0 unspecified atom stereocenters. The van der Waals surface area contributed by atoms with Crippen LogP contribution >= 0.6 is 0 Å². The Labute approximate surface area is 160 Å². The molecule has 3 heterocycles. The number of hydrogen-bond acceptors (Lipinski definition) is 6. The van der Waals surface area contributed by atoms with Gasteiger partial charge in [-0.15, -0.1) is 0 Å². The lowest BCUT2D eigenvalue weighted by molar-refractivity contribution is 0.0522. The molecule has 0 spiro atoms. The summed E-state index contributed by atoms with van der Waals surface area (Å²) in [6.07, 6.45) is 5.19. The lowest BCUT2D eigenvalue weighted by Gasteiger charge is -2.11. The van der Waals surface area contributed by atoms with Crippen LogP contribution in [0.25, 0.3) is 17.2 Å². The zero-order valence-corrected chi connectivity index (χ0v) is 15.2. The Hall–Kier alpha value is -3.68. The van der Waals surface area contributed by atoms with E-state index >= 15 is 0 Å². The van der Waals surface area contributed by atoms with Gasteiger partial charge >= 0.3 is 5.97 Å². The van der Waals surface area contributed by atoms with Crippen LogP contribution in [-0.4, -0.2) is 31.7 Å². The van der Waals surface area contributed by atoms with Crippen molar-refractivity contribution < 1.29 is 13.9 Å². The molecule has 28 heavy (non-hydrogen) atoms. The van der Waals surface area contributed by atoms with Gasteiger partial charge in [-0.25, -0.2) is 9.78 Å². The van der Waals surface area contributed by atoms with Crippen molar-refractivity contribution in [2.75, 3.05) is 6.61 Å². The van der Waals surface area contributed by atoms with Gasteiger partial charge in [0.05, 0.1) is 12.8 Å². The van der Waals surface area contributed by atoms with Crippen molar-refractivity contribution in [2.45, 2.75) is 19.9 Å². The first-order valence-electron chi connectivity index (χ1n) is 8.91. The molecule has 0 aliphatic rings. The summed E-state index contributed by atoms with van der Waals surface area (Å²) in [4.78, 5) is 29.1. The van der Waals surface area contributed by atoms with E-state index in [2.05, 4.69) is 10.1 Å². The lowest BCUT2D eigenvalue weighted by atomic mass is 10.1. The molecule has 0 radical (unpaired) electrons. The van der Waals surface area contributed by atoms with Gasteiger partial charge in [-0.2, -0.15) is 9.61 Å². The quantitative estimate of drug-likeness (QED) is 0.479. The molecule has 0 bridgehead atoms. The molecule has 0 atom stereocenters. The van der Waals surface area contributed by atoms with Crippen molar-refractivity contribution >= 4 is 11.6 Å². The van der Waals surface area contributed by atoms with Crippen molar-refractivity contribution in [2.24, 2.45) is 0 Å². The fourth-order valence-corrected chi connectivity index (χ4v) is 2.99. The first-order valence-corrected chi connectivity index (χ1v) is 8.91. The number of carbonyl (C=O) groups is 1. The van der Waals surface area contributed by atoms with Gasteiger partial charge in [0.15, 0.2) is 5.69 Å². The molecular weight excluding hydrogens is 360 g/mol. The molecule has 0 aliphatic heterocycles. The minimum atomic E-state index is -0.670. The lowest BCUT2D eigenvalue weighted by Crippen LogP contribution is -2.27. The molecule has 4 rings (SSSR count). The molecule has 0 amide bonds. The highest BCUT2D eigenvalue weighted by Crippen LogP contribution is 2.18. The maximum Gasteiger partial charge on any atom is 0.345 e. The Balaban J connectivity index is 1.81. The number of hydrogen-bond donors (Lipinski definition) is 0. The number of ether oxygens (including phenoxy) is 1. The number of rotatable bonds is 6. The van der Waals surface area contributed by atoms with Crippen molar-refractivity contribution in [1.82, 2.24) is 19.2 Å². The zero-order valence-electron chi connectivity index (χ0n) is 15.2. The highest BCUT2D eigenvalue weighted by Gasteiger charge is 2.20. The van der Waals surface area contributed by atoms with Gasteiger partial charge in [-0.1, -0.05) is 30.3 Å². The number of benzene rings is 1. The third-order valence-corrected chi connectivity index (χ3v) is 4.32. The number of esters is 1. The van der Waals surface area contributed by atoms with Gasteiger partial charge in [-0.05, 0) is 18.9 Å². The molecule has 142 valence electrons. The number of carbonyl (C=O) groups excluding carboxylic acids is 1. The van der Waals surface area contributed by atoms with Crippen LogP contribution in [-0.2, 0) is 17.7 Å². The molecule has 4 aromatic rings. The van der Waals surface area contributed by atoms with E-state index in [1.165, 1.54) is 23.2 Å². The van der Waals surface area contributed by atoms with E-state index in [-0.39, 0.29) is 12.2 Å². The summed E-state index contributed by atoms with van der Waals surface area (Å²) in [7, 11) is 0. The summed E-state index contributed by atoms with van der Waals surface area (Å²) < 4.78 is 13.3. The first-order chi connectivity index (χ1) is 13.7. The summed E-state index contributed by atoms with van der Waals surface area (Å²) >= 11 is 0. The molecule has 0 saturated carbocycles. The highest BCUT2D eigenvalue weighted by molar-refractivity contribution is 5.89. The largest absolute Gasteiger partial charge is 0.462 e. The van der Waals surface area contributed by atoms with E-state index in [0.717, 1.165) is 12.0 Å². The predicted octanol–water partition coefficient (Wildman–Crippen LogP) is 2.57. The molecule has 0 aliphatic carbocycles. The van der Waals surface area contributed by atoms with Crippen LogP contribution in [0.4, 0.5) is 0 Å². The van der Waals surface area contributed by atoms with Crippen LogP contribution in [0, 0.1) is 0 Å². The second-order valence-electron chi connectivity index (χ2n) is 6.13. The number of oxazole rings is 1. The maximum atomic E-state index is 12.8. The standard InChI is InChI=1S/C20H18N4O4/c1-2-27-20(26)15-13-23(10-8-14-6-4-3-5-7-14)17-12-16(18-21-9-11-28-18)22-24(17)19(15)25/h3-7,9,11-13H,2,8,10H2,1H3. The monoisotopic (exact) mass is 378 g/mol. The zero-order chi connectivity index (χ0) is 19.5. The normalized spacial score (nSPS) is 11.0. The minimum absolute atomic E-state index is 0.0653. The van der Waals surface area contributed by atoms with Crippen molar-refractivity contribution in [3.63, 3.8) is 0 Å². The number of fused-ring (bicyclic) bond motifs is 1. The van der Waals surface area contributed by atoms with Crippen molar-refractivity contribution in [1.29, 1.82) is 0 Å². The minimum Gasteiger partial charge on any atom is -0.462 e. The maximum absolute atomic E-state index is 12.8. The third-order valence-electron chi connectivity index (χ3n) is 4.32. The third kappa shape index (κ3) is 3.32. The van der Waals surface area contributed by atoms with Gasteiger partial charge in [-0.3, -0.25) is 4.79 Å². The average molecular weight is 378 g/mol. The van der Waals surface area contributed by atoms with Crippen LogP contribution < -0.4 is 5.56 Å². The van der Waals surface area contributed by atoms with Crippen molar-refractivity contribution in [3.8, 4) is 11.6 Å². The van der Waals surface area contributed by atoms with E-state index < -0.39 is 11.5 Å². The molecule has 0 saturated heterocycles. The average Bonchev–Trinajstić information content (AvgIpc) is 3.38. The molecule has 0 fully saturated rings. The van der Waals surface area contributed by atoms with Crippen LogP contribution in [0.2, 0.25) is 0 Å². The number of aromatic nitrogens is 4. The molecular formula is C20H18N4O4. The number of aryl methyl sites for hydroxylation is 2. The fraction of sp³-hybridized carbons (Fsp3) is 0.200. The summed E-state index contributed by atoms with van der Waals surface area (Å²) in [5, 5.41) is 4.29. The summed E-state index contributed by atoms with van der Waals surface area (Å²) in [5.41, 5.74) is 1.50. The highest BCUT2D eigenvalue weighted by atomic mass is 16.5. The second kappa shape index (κ2) is 7.51. The van der Waals surface area contributed by atoms with E-state index in [4.69, 9.17) is 9.15 Å². The van der Waals surface area contributed by atoms with Crippen LogP contribution in [0.1, 0.15) is 22.8 Å². The number of nitrogens with zero attached hydrogens (tertiary/aromatic N) is 4.